The number of carbonyl (C=O) groups is 1. The van der Waals surface area contributed by atoms with Crippen molar-refractivity contribution in [3.05, 3.63) is 54.1 Å². The molecule has 3 N–H and O–H groups in total. The van der Waals surface area contributed by atoms with Crippen LogP contribution in [0.25, 0.3) is 0 Å². The van der Waals surface area contributed by atoms with Gasteiger partial charge in [0.15, 0.2) is 18.0 Å². The summed E-state index contributed by atoms with van der Waals surface area (Å²) >= 11 is 0. The molecule has 1 saturated carbocycles. The molecule has 27 heavy (non-hydrogen) atoms. The van der Waals surface area contributed by atoms with Crippen LogP contribution in [-0.4, -0.2) is 18.2 Å². The number of hydrogen-bond acceptors (Lipinski definition) is 3. The van der Waals surface area contributed by atoms with Crippen LogP contribution >= 0.6 is 0 Å². The number of hydrogen-bond donors (Lipinski definition) is 2. The number of amides is 1. The molecular weight excluding hydrogens is 340 g/mol. The predicted molar refractivity (Wildman–Crippen MR) is 104 cm³/mol. The molecule has 4 rings (SSSR count). The summed E-state index contributed by atoms with van der Waals surface area (Å²) in [6.07, 6.45) is 5.36. The topological polar surface area (TPSA) is 64.2 Å². The number of rotatable bonds is 5. The van der Waals surface area contributed by atoms with Crippen LogP contribution in [0.4, 0.5) is 5.69 Å². The van der Waals surface area contributed by atoms with Crippen LogP contribution in [0.3, 0.4) is 0 Å². The average molecular weight is 367 g/mol. The van der Waals surface area contributed by atoms with Crippen molar-refractivity contribution in [1.29, 1.82) is 0 Å². The maximum atomic E-state index is 12.3. The highest BCUT2D eigenvalue weighted by Gasteiger charge is 2.42. The number of ether oxygens (including phenoxy) is 2. The smallest absolute Gasteiger partial charge is 0.279 e. The van der Waals surface area contributed by atoms with E-state index >= 15 is 0 Å². The van der Waals surface area contributed by atoms with Crippen LogP contribution in [-0.2, 0) is 4.79 Å². The molecule has 5 nitrogen and oxygen atoms in total. The normalized spacial score (nSPS) is 18.3. The SMILES string of the molecule is C[C@@H]([NH2+]CC(=O)Nc1ccc2c(c1)OC1(CCCCC1)O2)c1ccccc1. The lowest BCUT2D eigenvalue weighted by Crippen LogP contribution is -2.86. The van der Waals surface area contributed by atoms with Gasteiger partial charge in [-0.2, -0.15) is 0 Å². The summed E-state index contributed by atoms with van der Waals surface area (Å²) in [5.41, 5.74) is 1.96. The Morgan fingerprint density at radius 3 is 2.59 bits per heavy atom. The van der Waals surface area contributed by atoms with Crippen LogP contribution in [0.2, 0.25) is 0 Å². The lowest BCUT2D eigenvalue weighted by molar-refractivity contribution is -0.682. The fourth-order valence-electron chi connectivity index (χ4n) is 3.85. The largest absolute Gasteiger partial charge is 0.448 e. The Morgan fingerprint density at radius 1 is 1.07 bits per heavy atom. The minimum absolute atomic E-state index is 0.0240. The predicted octanol–water partition coefficient (Wildman–Crippen LogP) is 3.38. The second-order valence-electron chi connectivity index (χ2n) is 7.52. The van der Waals surface area contributed by atoms with Gasteiger partial charge in [0, 0.05) is 30.2 Å². The number of nitrogens with two attached hydrogens (primary N) is 1. The molecular formula is C22H27N2O3+. The van der Waals surface area contributed by atoms with E-state index < -0.39 is 5.79 Å². The summed E-state index contributed by atoms with van der Waals surface area (Å²) < 4.78 is 12.2. The highest BCUT2D eigenvalue weighted by molar-refractivity contribution is 5.91. The molecule has 0 radical (unpaired) electrons. The summed E-state index contributed by atoms with van der Waals surface area (Å²) in [6, 6.07) is 16.1. The van der Waals surface area contributed by atoms with Crippen molar-refractivity contribution in [3.8, 4) is 11.5 Å². The van der Waals surface area contributed by atoms with Crippen LogP contribution in [0.5, 0.6) is 11.5 Å². The quantitative estimate of drug-likeness (QED) is 0.851. The third kappa shape index (κ3) is 4.08. The van der Waals surface area contributed by atoms with E-state index in [2.05, 4.69) is 24.4 Å². The maximum Gasteiger partial charge on any atom is 0.279 e. The Labute approximate surface area is 160 Å². The molecule has 2 aromatic rings. The number of fused-ring (bicyclic) bond motifs is 1. The van der Waals surface area contributed by atoms with Crippen molar-refractivity contribution in [3.63, 3.8) is 0 Å². The Kier molecular flexibility index (Phi) is 5.03. The van der Waals surface area contributed by atoms with Gasteiger partial charge in [-0.05, 0) is 31.9 Å². The summed E-state index contributed by atoms with van der Waals surface area (Å²) in [5, 5.41) is 5.00. The number of nitrogens with one attached hydrogen (secondary N) is 1. The Hall–Kier alpha value is -2.53. The molecule has 1 amide bonds. The minimum atomic E-state index is -0.484. The highest BCUT2D eigenvalue weighted by atomic mass is 16.7. The number of carbonyl (C=O) groups excluding carboxylic acids is 1. The number of benzene rings is 2. The second-order valence-corrected chi connectivity index (χ2v) is 7.52. The third-order valence-corrected chi connectivity index (χ3v) is 5.42. The van der Waals surface area contributed by atoms with Gasteiger partial charge < -0.3 is 20.1 Å². The van der Waals surface area contributed by atoms with Crippen LogP contribution in [0.15, 0.2) is 48.5 Å². The van der Waals surface area contributed by atoms with Crippen molar-refractivity contribution in [1.82, 2.24) is 0 Å². The van der Waals surface area contributed by atoms with E-state index in [0.717, 1.165) is 42.9 Å². The molecule has 2 aliphatic rings. The third-order valence-electron chi connectivity index (χ3n) is 5.42. The first kappa shape index (κ1) is 17.9. The summed E-state index contributed by atoms with van der Waals surface area (Å²) in [6.45, 7) is 2.47. The molecule has 1 heterocycles. The van der Waals surface area contributed by atoms with E-state index in [1.54, 1.807) is 0 Å². The zero-order chi connectivity index (χ0) is 18.7. The van der Waals surface area contributed by atoms with Crippen LogP contribution in [0.1, 0.15) is 50.6 Å². The maximum absolute atomic E-state index is 12.3. The first-order valence-electron chi connectivity index (χ1n) is 9.84. The standard InChI is InChI=1S/C22H26N2O3/c1-16(17-8-4-2-5-9-17)23-15-21(25)24-18-10-11-19-20(14-18)27-22(26-19)12-6-3-7-13-22/h2,4-5,8-11,14,16,23H,3,6-7,12-13,15H2,1H3,(H,24,25)/p+1/t16-/m1/s1. The van der Waals surface area contributed by atoms with Gasteiger partial charge in [-0.3, -0.25) is 4.79 Å². The Balaban J connectivity index is 1.33. The van der Waals surface area contributed by atoms with Crippen LogP contribution < -0.4 is 20.1 Å². The Morgan fingerprint density at radius 2 is 1.81 bits per heavy atom. The highest BCUT2D eigenvalue weighted by Crippen LogP contribution is 2.46. The molecule has 0 unspecified atom stereocenters. The van der Waals surface area contributed by atoms with Crippen molar-refractivity contribution in [2.45, 2.75) is 50.9 Å². The van der Waals surface area contributed by atoms with Crippen molar-refractivity contribution in [2.75, 3.05) is 11.9 Å². The molecule has 1 spiro atoms. The molecule has 1 aliphatic carbocycles. The van der Waals surface area contributed by atoms with Gasteiger partial charge in [-0.1, -0.05) is 36.8 Å². The molecule has 5 heteroatoms. The van der Waals surface area contributed by atoms with Gasteiger partial charge in [0.25, 0.3) is 11.7 Å². The summed E-state index contributed by atoms with van der Waals surface area (Å²) in [5.74, 6) is 1.00. The molecule has 2 aromatic carbocycles. The molecule has 1 atom stereocenters. The van der Waals surface area contributed by atoms with E-state index in [0.29, 0.717) is 6.54 Å². The van der Waals surface area contributed by atoms with Gasteiger partial charge in [0.05, 0.1) is 0 Å². The molecule has 142 valence electrons. The molecule has 1 aliphatic heterocycles. The fraction of sp³-hybridized carbons (Fsp3) is 0.409. The van der Waals surface area contributed by atoms with Gasteiger partial charge in [-0.25, -0.2) is 0 Å². The molecule has 0 aromatic heterocycles. The van der Waals surface area contributed by atoms with E-state index in [1.165, 1.54) is 12.0 Å². The number of anilines is 1. The Bertz CT molecular complexity index is 800. The van der Waals surface area contributed by atoms with Crippen molar-refractivity contribution >= 4 is 11.6 Å². The molecule has 0 bridgehead atoms. The van der Waals surface area contributed by atoms with Gasteiger partial charge in [0.1, 0.15) is 6.04 Å². The van der Waals surface area contributed by atoms with E-state index in [9.17, 15) is 4.79 Å². The summed E-state index contributed by atoms with van der Waals surface area (Å²) in [4.78, 5) is 12.3. The zero-order valence-electron chi connectivity index (χ0n) is 15.7. The van der Waals surface area contributed by atoms with Gasteiger partial charge in [0.2, 0.25) is 0 Å². The molecule has 0 saturated heterocycles. The van der Waals surface area contributed by atoms with Gasteiger partial charge >= 0.3 is 0 Å². The monoisotopic (exact) mass is 367 g/mol. The average Bonchev–Trinajstić information content (AvgIpc) is 3.03. The first-order valence-corrected chi connectivity index (χ1v) is 9.84. The summed E-state index contributed by atoms with van der Waals surface area (Å²) in [7, 11) is 0. The van der Waals surface area contributed by atoms with E-state index in [1.807, 2.05) is 41.7 Å². The van der Waals surface area contributed by atoms with Crippen molar-refractivity contribution in [2.24, 2.45) is 0 Å². The lowest BCUT2D eigenvalue weighted by atomic mass is 9.94. The van der Waals surface area contributed by atoms with Gasteiger partial charge in [-0.15, -0.1) is 0 Å². The van der Waals surface area contributed by atoms with Crippen molar-refractivity contribution < 1.29 is 19.6 Å². The lowest BCUT2D eigenvalue weighted by Gasteiger charge is -2.31. The zero-order valence-corrected chi connectivity index (χ0v) is 15.7. The minimum Gasteiger partial charge on any atom is -0.448 e. The number of quaternary nitrogens is 1. The van der Waals surface area contributed by atoms with E-state index in [4.69, 9.17) is 9.47 Å². The molecule has 1 fully saturated rings. The second kappa shape index (κ2) is 7.61. The van der Waals surface area contributed by atoms with Crippen LogP contribution in [0, 0.1) is 0 Å². The van der Waals surface area contributed by atoms with E-state index in [-0.39, 0.29) is 11.9 Å². The fourth-order valence-corrected chi connectivity index (χ4v) is 3.85. The first-order chi connectivity index (χ1) is 13.1.